The van der Waals surface area contributed by atoms with E-state index in [1.165, 1.54) is 12.8 Å². The maximum atomic E-state index is 11.5. The molecule has 0 aromatic heterocycles. The van der Waals surface area contributed by atoms with Crippen LogP contribution in [0.4, 0.5) is 0 Å². The lowest BCUT2D eigenvalue weighted by atomic mass is 9.90. The number of hydrogen-bond donors (Lipinski definition) is 1. The van der Waals surface area contributed by atoms with Gasteiger partial charge < -0.3 is 5.73 Å². The summed E-state index contributed by atoms with van der Waals surface area (Å²) in [6.45, 7) is 3.86. The Kier molecular flexibility index (Phi) is 3.27. The van der Waals surface area contributed by atoms with Gasteiger partial charge in [0.05, 0.1) is 6.04 Å². The summed E-state index contributed by atoms with van der Waals surface area (Å²) >= 11 is 0. The first-order valence-electron chi connectivity index (χ1n) is 4.92. The maximum absolute atomic E-state index is 11.5. The summed E-state index contributed by atoms with van der Waals surface area (Å²) in [6, 6.07) is -0.188. The van der Waals surface area contributed by atoms with Crippen LogP contribution in [0.15, 0.2) is 0 Å². The first kappa shape index (κ1) is 9.72. The fraction of sp³-hybridized carbons (Fsp3) is 0.900. The van der Waals surface area contributed by atoms with Crippen molar-refractivity contribution in [1.29, 1.82) is 0 Å². The predicted octanol–water partition coefficient (Wildman–Crippen LogP) is 1.73. The summed E-state index contributed by atoms with van der Waals surface area (Å²) in [4.78, 5) is 11.5. The third kappa shape index (κ3) is 2.07. The molecule has 12 heavy (non-hydrogen) atoms. The Bertz CT molecular complexity index is 159. The highest BCUT2D eigenvalue weighted by Gasteiger charge is 2.28. The third-order valence-corrected chi connectivity index (χ3v) is 2.81. The lowest BCUT2D eigenvalue weighted by Crippen LogP contribution is -2.39. The van der Waals surface area contributed by atoms with Crippen LogP contribution in [0.1, 0.15) is 39.5 Å². The Morgan fingerprint density at radius 1 is 1.33 bits per heavy atom. The second-order valence-electron chi connectivity index (χ2n) is 4.13. The average molecular weight is 169 g/mol. The Labute approximate surface area is 74.5 Å². The first-order chi connectivity index (χ1) is 5.63. The van der Waals surface area contributed by atoms with Gasteiger partial charge in [0.2, 0.25) is 0 Å². The van der Waals surface area contributed by atoms with E-state index < -0.39 is 0 Å². The van der Waals surface area contributed by atoms with E-state index in [4.69, 9.17) is 5.73 Å². The van der Waals surface area contributed by atoms with Crippen molar-refractivity contribution in [3.05, 3.63) is 0 Å². The molecule has 2 nitrogen and oxygen atoms in total. The molecule has 1 aliphatic rings. The van der Waals surface area contributed by atoms with Crippen LogP contribution in [0.2, 0.25) is 0 Å². The molecule has 70 valence electrons. The quantitative estimate of drug-likeness (QED) is 0.699. The van der Waals surface area contributed by atoms with E-state index in [1.54, 1.807) is 0 Å². The zero-order valence-electron chi connectivity index (χ0n) is 8.05. The molecule has 1 aliphatic carbocycles. The summed E-state index contributed by atoms with van der Waals surface area (Å²) in [5.41, 5.74) is 5.87. The van der Waals surface area contributed by atoms with E-state index in [2.05, 4.69) is 0 Å². The zero-order valence-corrected chi connectivity index (χ0v) is 8.05. The monoisotopic (exact) mass is 169 g/mol. The molecule has 2 N–H and O–H groups in total. The van der Waals surface area contributed by atoms with Crippen LogP contribution in [0.3, 0.4) is 0 Å². The van der Waals surface area contributed by atoms with Gasteiger partial charge in [-0.25, -0.2) is 0 Å². The second kappa shape index (κ2) is 4.04. The van der Waals surface area contributed by atoms with Crippen molar-refractivity contribution in [1.82, 2.24) is 0 Å². The zero-order chi connectivity index (χ0) is 9.14. The van der Waals surface area contributed by atoms with Gasteiger partial charge in [0.15, 0.2) is 5.78 Å². The summed E-state index contributed by atoms with van der Waals surface area (Å²) < 4.78 is 0. The largest absolute Gasteiger partial charge is 0.321 e. The lowest BCUT2D eigenvalue weighted by molar-refractivity contribution is -0.124. The van der Waals surface area contributed by atoms with Crippen LogP contribution in [0, 0.1) is 11.8 Å². The molecule has 1 saturated carbocycles. The number of ketones is 1. The molecule has 1 fully saturated rings. The molecule has 0 saturated heterocycles. The molecular formula is C10H19NO. The first-order valence-corrected chi connectivity index (χ1v) is 4.92. The van der Waals surface area contributed by atoms with Crippen molar-refractivity contribution in [2.45, 2.75) is 45.6 Å². The normalized spacial score (nSPS) is 21.7. The number of nitrogens with two attached hydrogens (primary N) is 1. The van der Waals surface area contributed by atoms with Crippen molar-refractivity contribution >= 4 is 5.78 Å². The standard InChI is InChI=1S/C10H19NO/c1-7(2)10(12)9(11)8-5-3-4-6-8/h7-9H,3-6,11H2,1-2H3/t9-/m0/s1. The van der Waals surface area contributed by atoms with Crippen molar-refractivity contribution in [2.24, 2.45) is 17.6 Å². The van der Waals surface area contributed by atoms with Crippen LogP contribution in [0.25, 0.3) is 0 Å². The molecule has 2 heteroatoms. The van der Waals surface area contributed by atoms with Crippen LogP contribution >= 0.6 is 0 Å². The minimum Gasteiger partial charge on any atom is -0.321 e. The van der Waals surface area contributed by atoms with Crippen molar-refractivity contribution in [3.63, 3.8) is 0 Å². The Hall–Kier alpha value is -0.370. The molecule has 0 unspecified atom stereocenters. The van der Waals surface area contributed by atoms with Gasteiger partial charge in [-0.1, -0.05) is 26.7 Å². The minimum atomic E-state index is -0.188. The number of Topliss-reactive ketones (excluding diaryl/α,β-unsaturated/α-hetero) is 1. The van der Waals surface area contributed by atoms with E-state index in [0.717, 1.165) is 12.8 Å². The Balaban J connectivity index is 2.45. The van der Waals surface area contributed by atoms with Gasteiger partial charge in [-0.3, -0.25) is 4.79 Å². The minimum absolute atomic E-state index is 0.0978. The highest BCUT2D eigenvalue weighted by molar-refractivity contribution is 5.85. The number of carbonyl (C=O) groups is 1. The van der Waals surface area contributed by atoms with Crippen molar-refractivity contribution < 1.29 is 4.79 Å². The molecule has 0 bridgehead atoms. The fourth-order valence-electron chi connectivity index (χ4n) is 1.93. The molecule has 0 aromatic carbocycles. The van der Waals surface area contributed by atoms with Gasteiger partial charge in [0.25, 0.3) is 0 Å². The highest BCUT2D eigenvalue weighted by atomic mass is 16.1. The number of hydrogen-bond acceptors (Lipinski definition) is 2. The lowest BCUT2D eigenvalue weighted by Gasteiger charge is -2.19. The third-order valence-electron chi connectivity index (χ3n) is 2.81. The van der Waals surface area contributed by atoms with Gasteiger partial charge in [-0.05, 0) is 18.8 Å². The average Bonchev–Trinajstić information content (AvgIpc) is 2.53. The molecule has 0 aromatic rings. The molecule has 0 heterocycles. The Morgan fingerprint density at radius 2 is 1.83 bits per heavy atom. The van der Waals surface area contributed by atoms with Gasteiger partial charge in [-0.2, -0.15) is 0 Å². The van der Waals surface area contributed by atoms with Crippen LogP contribution in [-0.2, 0) is 4.79 Å². The Morgan fingerprint density at radius 3 is 2.25 bits per heavy atom. The molecule has 0 radical (unpaired) electrons. The SMILES string of the molecule is CC(C)C(=O)[C@@H](N)C1CCCC1. The highest BCUT2D eigenvalue weighted by Crippen LogP contribution is 2.27. The van der Waals surface area contributed by atoms with E-state index >= 15 is 0 Å². The molecule has 0 amide bonds. The molecule has 1 rings (SSSR count). The van der Waals surface area contributed by atoms with Gasteiger partial charge in [0, 0.05) is 5.92 Å². The summed E-state index contributed by atoms with van der Waals surface area (Å²) in [6.07, 6.45) is 4.81. The van der Waals surface area contributed by atoms with E-state index in [-0.39, 0.29) is 17.7 Å². The maximum Gasteiger partial charge on any atom is 0.152 e. The van der Waals surface area contributed by atoms with Crippen LogP contribution in [0.5, 0.6) is 0 Å². The molecule has 1 atom stereocenters. The van der Waals surface area contributed by atoms with Crippen molar-refractivity contribution in [3.8, 4) is 0 Å². The summed E-state index contributed by atoms with van der Waals surface area (Å²) in [5.74, 6) is 0.808. The second-order valence-corrected chi connectivity index (χ2v) is 4.13. The van der Waals surface area contributed by atoms with Gasteiger partial charge in [-0.15, -0.1) is 0 Å². The smallest absolute Gasteiger partial charge is 0.152 e. The number of rotatable bonds is 3. The van der Waals surface area contributed by atoms with E-state index in [1.807, 2.05) is 13.8 Å². The van der Waals surface area contributed by atoms with E-state index in [9.17, 15) is 4.79 Å². The van der Waals surface area contributed by atoms with Gasteiger partial charge >= 0.3 is 0 Å². The van der Waals surface area contributed by atoms with E-state index in [0.29, 0.717) is 5.92 Å². The number of carbonyl (C=O) groups excluding carboxylic acids is 1. The summed E-state index contributed by atoms with van der Waals surface area (Å²) in [5, 5.41) is 0. The summed E-state index contributed by atoms with van der Waals surface area (Å²) in [7, 11) is 0. The predicted molar refractivity (Wildman–Crippen MR) is 49.8 cm³/mol. The fourth-order valence-corrected chi connectivity index (χ4v) is 1.93. The van der Waals surface area contributed by atoms with Crippen LogP contribution in [-0.4, -0.2) is 11.8 Å². The van der Waals surface area contributed by atoms with Gasteiger partial charge in [0.1, 0.15) is 0 Å². The molecule has 0 spiro atoms. The molecule has 0 aliphatic heterocycles. The van der Waals surface area contributed by atoms with Crippen LogP contribution < -0.4 is 5.73 Å². The van der Waals surface area contributed by atoms with Crippen molar-refractivity contribution in [2.75, 3.05) is 0 Å². The topological polar surface area (TPSA) is 43.1 Å². The molecular weight excluding hydrogens is 150 g/mol.